The lowest BCUT2D eigenvalue weighted by Crippen LogP contribution is -2.39. The van der Waals surface area contributed by atoms with Crippen LogP contribution in [0.1, 0.15) is 13.3 Å². The van der Waals surface area contributed by atoms with E-state index in [0.29, 0.717) is 25.0 Å². The van der Waals surface area contributed by atoms with Gasteiger partial charge in [0.2, 0.25) is 5.91 Å². The summed E-state index contributed by atoms with van der Waals surface area (Å²) < 4.78 is 0. The Morgan fingerprint density at radius 3 is 3.00 bits per heavy atom. The molecular weight excluding hydrogens is 192 g/mol. The first-order chi connectivity index (χ1) is 7.17. The highest BCUT2D eigenvalue weighted by Gasteiger charge is 2.28. The third-order valence-corrected chi connectivity index (χ3v) is 2.84. The fourth-order valence-corrected chi connectivity index (χ4v) is 1.99. The van der Waals surface area contributed by atoms with Crippen LogP contribution in [0.25, 0.3) is 0 Å². The molecule has 1 amide bonds. The first-order valence-corrected chi connectivity index (χ1v) is 5.25. The van der Waals surface area contributed by atoms with Crippen LogP contribution >= 0.6 is 0 Å². The number of nitrogens with two attached hydrogens (primary N) is 1. The van der Waals surface area contributed by atoms with Crippen molar-refractivity contribution in [1.82, 2.24) is 10.2 Å². The van der Waals surface area contributed by atoms with E-state index < -0.39 is 0 Å². The number of hydrogen-bond donors (Lipinski definition) is 2. The summed E-state index contributed by atoms with van der Waals surface area (Å²) >= 11 is 0. The molecule has 5 nitrogen and oxygen atoms in total. The van der Waals surface area contributed by atoms with Gasteiger partial charge in [-0.05, 0) is 25.8 Å². The average molecular weight is 210 g/mol. The van der Waals surface area contributed by atoms with Crippen LogP contribution in [-0.4, -0.2) is 43.0 Å². The lowest BCUT2D eigenvalue weighted by atomic mass is 10.1. The Labute approximate surface area is 90.2 Å². The van der Waals surface area contributed by atoms with E-state index in [9.17, 15) is 4.79 Å². The van der Waals surface area contributed by atoms with Crippen LogP contribution in [0.2, 0.25) is 0 Å². The quantitative estimate of drug-likeness (QED) is 0.601. The summed E-state index contributed by atoms with van der Waals surface area (Å²) in [6, 6.07) is 2.29. The van der Waals surface area contributed by atoms with E-state index in [-0.39, 0.29) is 12.5 Å². The fraction of sp³-hybridized carbons (Fsp3) is 0.800. The topological polar surface area (TPSA) is 82.2 Å². The van der Waals surface area contributed by atoms with E-state index in [1.165, 1.54) is 0 Å². The zero-order valence-electron chi connectivity index (χ0n) is 9.07. The second-order valence-corrected chi connectivity index (χ2v) is 4.05. The number of rotatable bonds is 4. The maximum absolute atomic E-state index is 11.4. The minimum atomic E-state index is -0.0823. The Hall–Kier alpha value is -1.12. The predicted molar refractivity (Wildman–Crippen MR) is 56.8 cm³/mol. The molecule has 0 aromatic rings. The highest BCUT2D eigenvalue weighted by Crippen LogP contribution is 2.21. The molecule has 1 rings (SSSR count). The number of nitrogens with zero attached hydrogens (tertiary/aromatic N) is 2. The summed E-state index contributed by atoms with van der Waals surface area (Å²) in [6.07, 6.45) is 1.06. The van der Waals surface area contributed by atoms with E-state index >= 15 is 0 Å². The number of nitriles is 1. The first kappa shape index (κ1) is 12.0. The fourth-order valence-electron chi connectivity index (χ4n) is 1.99. The summed E-state index contributed by atoms with van der Waals surface area (Å²) in [7, 11) is 0. The van der Waals surface area contributed by atoms with Crippen LogP contribution in [-0.2, 0) is 4.79 Å². The number of likely N-dealkylation sites (tertiary alicyclic amines) is 1. The molecule has 1 aliphatic rings. The van der Waals surface area contributed by atoms with Crippen molar-refractivity contribution in [2.24, 2.45) is 11.7 Å². The van der Waals surface area contributed by atoms with Gasteiger partial charge in [0.1, 0.15) is 6.54 Å². The summed E-state index contributed by atoms with van der Waals surface area (Å²) in [5.41, 5.74) is 5.60. The van der Waals surface area contributed by atoms with Crippen LogP contribution in [0.4, 0.5) is 0 Å². The highest BCUT2D eigenvalue weighted by atomic mass is 16.2. The molecule has 0 aromatic carbocycles. The molecule has 1 heterocycles. The maximum Gasteiger partial charge on any atom is 0.235 e. The van der Waals surface area contributed by atoms with Crippen molar-refractivity contribution in [3.05, 3.63) is 0 Å². The molecule has 0 saturated carbocycles. The van der Waals surface area contributed by atoms with Crippen molar-refractivity contribution in [1.29, 1.82) is 5.26 Å². The van der Waals surface area contributed by atoms with Gasteiger partial charge in [0.05, 0.1) is 12.6 Å². The summed E-state index contributed by atoms with van der Waals surface area (Å²) in [5, 5.41) is 10.9. The van der Waals surface area contributed by atoms with Crippen molar-refractivity contribution in [2.75, 3.05) is 26.2 Å². The van der Waals surface area contributed by atoms with Crippen LogP contribution in [0.3, 0.4) is 0 Å². The van der Waals surface area contributed by atoms with Crippen molar-refractivity contribution < 1.29 is 4.79 Å². The Balaban J connectivity index is 2.33. The molecule has 0 spiro atoms. The molecule has 84 valence electrons. The molecule has 15 heavy (non-hydrogen) atoms. The summed E-state index contributed by atoms with van der Waals surface area (Å²) in [6.45, 7) is 4.13. The van der Waals surface area contributed by atoms with Crippen LogP contribution in [0.5, 0.6) is 0 Å². The van der Waals surface area contributed by atoms with Crippen molar-refractivity contribution in [2.45, 2.75) is 19.4 Å². The van der Waals surface area contributed by atoms with Gasteiger partial charge in [0, 0.05) is 12.6 Å². The Bertz CT molecular complexity index is 261. The lowest BCUT2D eigenvalue weighted by molar-refractivity contribution is -0.122. The third-order valence-electron chi connectivity index (χ3n) is 2.84. The minimum Gasteiger partial charge on any atom is -0.342 e. The van der Waals surface area contributed by atoms with Crippen molar-refractivity contribution in [3.8, 4) is 6.07 Å². The number of hydrogen-bond acceptors (Lipinski definition) is 4. The molecular formula is C10H18N4O. The van der Waals surface area contributed by atoms with E-state index in [1.54, 1.807) is 0 Å². The van der Waals surface area contributed by atoms with Gasteiger partial charge in [0.25, 0.3) is 0 Å². The van der Waals surface area contributed by atoms with Crippen LogP contribution in [0, 0.1) is 17.2 Å². The lowest BCUT2D eigenvalue weighted by Gasteiger charge is -2.19. The second-order valence-electron chi connectivity index (χ2n) is 4.05. The smallest absolute Gasteiger partial charge is 0.235 e. The SMILES string of the molecule is CC1CC(CN)CN1CC(=O)NCC#N. The molecule has 1 aliphatic heterocycles. The number of nitrogens with one attached hydrogen (secondary N) is 1. The highest BCUT2D eigenvalue weighted by molar-refractivity contribution is 5.78. The molecule has 5 heteroatoms. The van der Waals surface area contributed by atoms with Gasteiger partial charge in [-0.2, -0.15) is 5.26 Å². The van der Waals surface area contributed by atoms with Gasteiger partial charge in [-0.25, -0.2) is 0 Å². The van der Waals surface area contributed by atoms with Crippen LogP contribution in [0.15, 0.2) is 0 Å². The molecule has 0 aromatic heterocycles. The van der Waals surface area contributed by atoms with Gasteiger partial charge < -0.3 is 11.1 Å². The van der Waals surface area contributed by atoms with Gasteiger partial charge in [-0.1, -0.05) is 0 Å². The van der Waals surface area contributed by atoms with E-state index in [4.69, 9.17) is 11.0 Å². The van der Waals surface area contributed by atoms with Crippen molar-refractivity contribution in [3.63, 3.8) is 0 Å². The molecule has 1 saturated heterocycles. The zero-order chi connectivity index (χ0) is 11.3. The standard InChI is InChI=1S/C10H18N4O/c1-8-4-9(5-12)6-14(8)7-10(15)13-3-2-11/h8-9H,3-7,12H2,1H3,(H,13,15). The van der Waals surface area contributed by atoms with Gasteiger partial charge in [-0.15, -0.1) is 0 Å². The maximum atomic E-state index is 11.4. The molecule has 0 radical (unpaired) electrons. The summed E-state index contributed by atoms with van der Waals surface area (Å²) in [5.74, 6) is 0.421. The molecule has 3 N–H and O–H groups in total. The van der Waals surface area contributed by atoms with Gasteiger partial charge in [-0.3, -0.25) is 9.69 Å². The molecule has 1 fully saturated rings. The largest absolute Gasteiger partial charge is 0.342 e. The normalized spacial score (nSPS) is 26.2. The average Bonchev–Trinajstić information content (AvgIpc) is 2.57. The number of carbonyl (C=O) groups is 1. The van der Waals surface area contributed by atoms with Crippen LogP contribution < -0.4 is 11.1 Å². The third kappa shape index (κ3) is 3.50. The molecule has 2 unspecified atom stereocenters. The number of amides is 1. The molecule has 0 bridgehead atoms. The van der Waals surface area contributed by atoms with E-state index in [2.05, 4.69) is 17.1 Å². The van der Waals surface area contributed by atoms with Gasteiger partial charge in [0.15, 0.2) is 0 Å². The Morgan fingerprint density at radius 2 is 2.47 bits per heavy atom. The van der Waals surface area contributed by atoms with E-state index in [0.717, 1.165) is 13.0 Å². The predicted octanol–water partition coefficient (Wildman–Crippen LogP) is -0.705. The summed E-state index contributed by atoms with van der Waals surface area (Å²) in [4.78, 5) is 13.5. The Morgan fingerprint density at radius 1 is 1.73 bits per heavy atom. The molecule has 0 aliphatic carbocycles. The van der Waals surface area contributed by atoms with Gasteiger partial charge >= 0.3 is 0 Å². The molecule has 2 atom stereocenters. The monoisotopic (exact) mass is 210 g/mol. The Kier molecular flexibility index (Phi) is 4.53. The van der Waals surface area contributed by atoms with Crippen molar-refractivity contribution >= 4 is 5.91 Å². The zero-order valence-corrected chi connectivity index (χ0v) is 9.07. The first-order valence-electron chi connectivity index (χ1n) is 5.25. The number of carbonyl (C=O) groups excluding carboxylic acids is 1. The second kappa shape index (κ2) is 5.69. The van der Waals surface area contributed by atoms with E-state index in [1.807, 2.05) is 6.07 Å². The minimum absolute atomic E-state index is 0.0823.